The normalized spacial score (nSPS) is 11.3. The third-order valence-corrected chi connectivity index (χ3v) is 3.48. The fraction of sp³-hybridized carbons (Fsp3) is 0. The molecule has 3 rings (SSSR count). The standard InChI is InChI=1S/C17H11Cl2N/c18-14-6-1-12(2-7-14)3-9-16-10-5-13-4-8-15(19)11-17(13)20-16/h1-11H/b9-3+. The van der Waals surface area contributed by atoms with Crippen molar-refractivity contribution in [2.45, 2.75) is 0 Å². The highest BCUT2D eigenvalue weighted by atomic mass is 35.5. The van der Waals surface area contributed by atoms with Crippen molar-refractivity contribution in [2.24, 2.45) is 0 Å². The van der Waals surface area contributed by atoms with Crippen LogP contribution in [0.15, 0.2) is 54.6 Å². The number of halogens is 2. The molecule has 0 saturated carbocycles. The molecule has 2 aromatic carbocycles. The van der Waals surface area contributed by atoms with Crippen molar-refractivity contribution < 1.29 is 0 Å². The van der Waals surface area contributed by atoms with Gasteiger partial charge >= 0.3 is 0 Å². The van der Waals surface area contributed by atoms with Crippen molar-refractivity contribution in [3.8, 4) is 0 Å². The maximum atomic E-state index is 5.99. The summed E-state index contributed by atoms with van der Waals surface area (Å²) >= 11 is 11.8. The second-order valence-corrected chi connectivity index (χ2v) is 5.33. The number of rotatable bonds is 2. The van der Waals surface area contributed by atoms with E-state index in [1.807, 2.05) is 66.7 Å². The summed E-state index contributed by atoms with van der Waals surface area (Å²) < 4.78 is 0. The van der Waals surface area contributed by atoms with E-state index in [0.717, 1.165) is 27.2 Å². The number of fused-ring (bicyclic) bond motifs is 1. The van der Waals surface area contributed by atoms with Crippen LogP contribution in [0.4, 0.5) is 0 Å². The van der Waals surface area contributed by atoms with E-state index in [9.17, 15) is 0 Å². The molecule has 0 spiro atoms. The topological polar surface area (TPSA) is 12.9 Å². The van der Waals surface area contributed by atoms with Crippen LogP contribution in [0.1, 0.15) is 11.3 Å². The Balaban J connectivity index is 1.92. The summed E-state index contributed by atoms with van der Waals surface area (Å²) in [5.41, 5.74) is 2.88. The van der Waals surface area contributed by atoms with Gasteiger partial charge in [-0.1, -0.05) is 53.5 Å². The summed E-state index contributed by atoms with van der Waals surface area (Å²) in [4.78, 5) is 4.57. The van der Waals surface area contributed by atoms with Crippen LogP contribution < -0.4 is 0 Å². The molecule has 0 amide bonds. The predicted octanol–water partition coefficient (Wildman–Crippen LogP) is 5.71. The van der Waals surface area contributed by atoms with Gasteiger partial charge in [-0.05, 0) is 42.0 Å². The molecule has 3 heteroatoms. The molecule has 0 aliphatic rings. The molecule has 0 saturated heterocycles. The van der Waals surface area contributed by atoms with Crippen LogP contribution >= 0.6 is 23.2 Å². The van der Waals surface area contributed by atoms with Crippen LogP contribution in [0, 0.1) is 0 Å². The second kappa shape index (κ2) is 5.66. The Labute approximate surface area is 127 Å². The molecule has 1 nitrogen and oxygen atoms in total. The Kier molecular flexibility index (Phi) is 3.72. The van der Waals surface area contributed by atoms with Gasteiger partial charge in [0, 0.05) is 15.4 Å². The molecule has 20 heavy (non-hydrogen) atoms. The fourth-order valence-electron chi connectivity index (χ4n) is 1.95. The lowest BCUT2D eigenvalue weighted by Crippen LogP contribution is -1.83. The number of benzene rings is 2. The highest BCUT2D eigenvalue weighted by Gasteiger charge is 1.97. The van der Waals surface area contributed by atoms with E-state index in [1.165, 1.54) is 0 Å². The van der Waals surface area contributed by atoms with Gasteiger partial charge in [0.1, 0.15) is 0 Å². The molecule has 0 fully saturated rings. The van der Waals surface area contributed by atoms with Crippen molar-refractivity contribution in [1.29, 1.82) is 0 Å². The van der Waals surface area contributed by atoms with E-state index in [1.54, 1.807) is 0 Å². The van der Waals surface area contributed by atoms with Gasteiger partial charge in [0.2, 0.25) is 0 Å². The zero-order valence-corrected chi connectivity index (χ0v) is 12.1. The molecule has 1 heterocycles. The first-order valence-electron chi connectivity index (χ1n) is 6.21. The number of pyridine rings is 1. The zero-order valence-electron chi connectivity index (χ0n) is 10.6. The molecular formula is C17H11Cl2N. The first-order chi connectivity index (χ1) is 9.70. The summed E-state index contributed by atoms with van der Waals surface area (Å²) in [6, 6.07) is 17.4. The minimum absolute atomic E-state index is 0.698. The zero-order chi connectivity index (χ0) is 13.9. The lowest BCUT2D eigenvalue weighted by molar-refractivity contribution is 1.37. The van der Waals surface area contributed by atoms with Gasteiger partial charge in [0.15, 0.2) is 0 Å². The largest absolute Gasteiger partial charge is 0.248 e. The molecule has 1 aromatic heterocycles. The maximum absolute atomic E-state index is 5.99. The average molecular weight is 300 g/mol. The van der Waals surface area contributed by atoms with E-state index in [-0.39, 0.29) is 0 Å². The van der Waals surface area contributed by atoms with Crippen molar-refractivity contribution in [3.63, 3.8) is 0 Å². The average Bonchev–Trinajstić information content (AvgIpc) is 2.46. The minimum Gasteiger partial charge on any atom is -0.248 e. The van der Waals surface area contributed by atoms with Gasteiger partial charge in [-0.15, -0.1) is 0 Å². The lowest BCUT2D eigenvalue weighted by atomic mass is 10.1. The van der Waals surface area contributed by atoms with Crippen LogP contribution in [-0.4, -0.2) is 4.98 Å². The molecule has 3 aromatic rings. The van der Waals surface area contributed by atoms with Gasteiger partial charge in [-0.2, -0.15) is 0 Å². The number of nitrogens with zero attached hydrogens (tertiary/aromatic N) is 1. The first kappa shape index (κ1) is 13.2. The van der Waals surface area contributed by atoms with Gasteiger partial charge < -0.3 is 0 Å². The highest BCUT2D eigenvalue weighted by Crippen LogP contribution is 2.19. The van der Waals surface area contributed by atoms with E-state index < -0.39 is 0 Å². The highest BCUT2D eigenvalue weighted by molar-refractivity contribution is 6.31. The van der Waals surface area contributed by atoms with Gasteiger partial charge in [0.05, 0.1) is 11.2 Å². The van der Waals surface area contributed by atoms with E-state index in [4.69, 9.17) is 23.2 Å². The smallest absolute Gasteiger partial charge is 0.0724 e. The summed E-state index contributed by atoms with van der Waals surface area (Å²) in [7, 11) is 0. The number of hydrogen-bond acceptors (Lipinski definition) is 1. The molecule has 0 aliphatic carbocycles. The van der Waals surface area contributed by atoms with Crippen LogP contribution in [0.2, 0.25) is 10.0 Å². The summed E-state index contributed by atoms with van der Waals surface area (Å²) in [6.07, 6.45) is 3.98. The van der Waals surface area contributed by atoms with Gasteiger partial charge in [0.25, 0.3) is 0 Å². The van der Waals surface area contributed by atoms with E-state index >= 15 is 0 Å². The third kappa shape index (κ3) is 3.01. The minimum atomic E-state index is 0.698. The van der Waals surface area contributed by atoms with Gasteiger partial charge in [-0.25, -0.2) is 4.98 Å². The Hall–Kier alpha value is -1.83. The van der Waals surface area contributed by atoms with Crippen LogP contribution in [0.3, 0.4) is 0 Å². The monoisotopic (exact) mass is 299 g/mol. The van der Waals surface area contributed by atoms with Gasteiger partial charge in [-0.3, -0.25) is 0 Å². The molecule has 0 bridgehead atoms. The van der Waals surface area contributed by atoms with Crippen LogP contribution in [0.5, 0.6) is 0 Å². The van der Waals surface area contributed by atoms with Crippen LogP contribution in [0.25, 0.3) is 23.1 Å². The Morgan fingerprint density at radius 3 is 2.25 bits per heavy atom. The number of aromatic nitrogens is 1. The Morgan fingerprint density at radius 1 is 0.750 bits per heavy atom. The maximum Gasteiger partial charge on any atom is 0.0724 e. The first-order valence-corrected chi connectivity index (χ1v) is 6.96. The summed E-state index contributed by atoms with van der Waals surface area (Å²) in [5.74, 6) is 0. The molecule has 0 aliphatic heterocycles. The Morgan fingerprint density at radius 2 is 1.45 bits per heavy atom. The van der Waals surface area contributed by atoms with Crippen molar-refractivity contribution in [1.82, 2.24) is 4.98 Å². The van der Waals surface area contributed by atoms with E-state index in [0.29, 0.717) is 5.02 Å². The third-order valence-electron chi connectivity index (χ3n) is 2.99. The SMILES string of the molecule is Clc1ccc(/C=C/c2ccc3ccc(Cl)cc3n2)cc1. The second-order valence-electron chi connectivity index (χ2n) is 4.46. The van der Waals surface area contributed by atoms with Crippen molar-refractivity contribution >= 4 is 46.3 Å². The summed E-state index contributed by atoms with van der Waals surface area (Å²) in [5, 5.41) is 2.52. The van der Waals surface area contributed by atoms with Crippen molar-refractivity contribution in [2.75, 3.05) is 0 Å². The Bertz CT molecular complexity index is 777. The number of hydrogen-bond donors (Lipinski definition) is 0. The molecule has 0 atom stereocenters. The molecule has 0 unspecified atom stereocenters. The predicted molar refractivity (Wildman–Crippen MR) is 87.1 cm³/mol. The fourth-order valence-corrected chi connectivity index (χ4v) is 2.25. The van der Waals surface area contributed by atoms with Crippen LogP contribution in [-0.2, 0) is 0 Å². The lowest BCUT2D eigenvalue weighted by Gasteiger charge is -2.00. The van der Waals surface area contributed by atoms with E-state index in [2.05, 4.69) is 4.98 Å². The molecule has 98 valence electrons. The quantitative estimate of drug-likeness (QED) is 0.590. The molecule has 0 N–H and O–H groups in total. The molecule has 0 radical (unpaired) electrons. The summed E-state index contributed by atoms with van der Waals surface area (Å²) in [6.45, 7) is 0. The molecular weight excluding hydrogens is 289 g/mol. The van der Waals surface area contributed by atoms with Crippen molar-refractivity contribution in [3.05, 3.63) is 75.9 Å².